The predicted octanol–water partition coefficient (Wildman–Crippen LogP) is 5.24. The fraction of sp³-hybridized carbons (Fsp3) is 0.240. The van der Waals surface area contributed by atoms with Crippen molar-refractivity contribution in [2.45, 2.75) is 25.9 Å². The van der Waals surface area contributed by atoms with Crippen LogP contribution in [-0.4, -0.2) is 39.1 Å². The molecule has 2 aliphatic heterocycles. The molecule has 2 aliphatic rings. The van der Waals surface area contributed by atoms with Crippen LogP contribution in [-0.2, 0) is 11.2 Å². The van der Waals surface area contributed by atoms with Gasteiger partial charge in [0.1, 0.15) is 23.8 Å². The second kappa shape index (κ2) is 9.14. The maximum Gasteiger partial charge on any atom is 0.406 e. The van der Waals surface area contributed by atoms with E-state index in [1.54, 1.807) is 12.5 Å². The van der Waals surface area contributed by atoms with Crippen LogP contribution in [0.5, 0.6) is 0 Å². The first-order chi connectivity index (χ1) is 17.2. The molecule has 0 aliphatic carbocycles. The van der Waals surface area contributed by atoms with Crippen LogP contribution in [0, 0.1) is 18.7 Å². The maximum atomic E-state index is 13.8. The molecule has 3 heterocycles. The summed E-state index contributed by atoms with van der Waals surface area (Å²) in [6.45, 7) is 0.443. The van der Waals surface area contributed by atoms with Gasteiger partial charge in [-0.15, -0.1) is 4.68 Å². The molecule has 184 valence electrons. The van der Waals surface area contributed by atoms with Crippen LogP contribution < -0.4 is 4.90 Å². The lowest BCUT2D eigenvalue weighted by atomic mass is 10.0. The van der Waals surface area contributed by atoms with E-state index < -0.39 is 30.4 Å². The number of aryl methyl sites for hydroxylation is 2. The number of nitrogens with zero attached hydrogens (tertiary/aromatic N) is 6. The zero-order valence-electron chi connectivity index (χ0n) is 19.2. The third-order valence-electron chi connectivity index (χ3n) is 5.99. The molecule has 1 aromatic heterocycles. The normalized spacial score (nSPS) is 19.0. The van der Waals surface area contributed by atoms with E-state index in [1.807, 2.05) is 42.0 Å². The number of aromatic nitrogens is 2. The summed E-state index contributed by atoms with van der Waals surface area (Å²) < 4.78 is 56.9. The van der Waals surface area contributed by atoms with Gasteiger partial charge in [-0.2, -0.15) is 13.2 Å². The van der Waals surface area contributed by atoms with Crippen molar-refractivity contribution in [2.75, 3.05) is 11.4 Å². The van der Waals surface area contributed by atoms with E-state index in [0.717, 1.165) is 23.0 Å². The lowest BCUT2D eigenvalue weighted by Crippen LogP contribution is -2.42. The Labute approximate surface area is 203 Å². The van der Waals surface area contributed by atoms with Gasteiger partial charge in [0.25, 0.3) is 5.70 Å². The minimum absolute atomic E-state index is 0.0714. The molecule has 5 rings (SSSR count). The van der Waals surface area contributed by atoms with Gasteiger partial charge in [0.05, 0.1) is 23.1 Å². The van der Waals surface area contributed by atoms with Gasteiger partial charge in [-0.1, -0.05) is 0 Å². The standard InChI is InChI=1S/C25H21F4N6O/c1-16-11-33(15-30-16)21-7-4-17(5-8-21)22-13-34(32-31-22)12-19-3-2-18-10-20(26)6-9-23(18)35(24(19)36)14-25(27,28)29/h4-13,15,19H,2-3,14H2,1H3/q+1/b34-12+. The van der Waals surface area contributed by atoms with Crippen molar-refractivity contribution in [3.05, 3.63) is 83.8 Å². The molecule has 1 amide bonds. The molecule has 0 spiro atoms. The van der Waals surface area contributed by atoms with Gasteiger partial charge in [-0.05, 0) is 67.8 Å². The van der Waals surface area contributed by atoms with Gasteiger partial charge in [0.2, 0.25) is 5.91 Å². The number of alkyl halides is 3. The van der Waals surface area contributed by atoms with Gasteiger partial charge in [0.15, 0.2) is 6.20 Å². The van der Waals surface area contributed by atoms with Crippen LogP contribution in [0.15, 0.2) is 71.5 Å². The summed E-state index contributed by atoms with van der Waals surface area (Å²) in [6.07, 6.45) is 2.51. The van der Waals surface area contributed by atoms with Crippen molar-refractivity contribution in [3.63, 3.8) is 0 Å². The zero-order chi connectivity index (χ0) is 25.4. The highest BCUT2D eigenvalue weighted by Gasteiger charge is 2.39. The van der Waals surface area contributed by atoms with Crippen LogP contribution in [0.1, 0.15) is 23.2 Å². The molecule has 11 heteroatoms. The number of halogens is 4. The predicted molar refractivity (Wildman–Crippen MR) is 124 cm³/mol. The number of fused-ring (bicyclic) bond motifs is 1. The number of carbonyl (C=O) groups is 1. The second-order valence-electron chi connectivity index (χ2n) is 8.66. The molecule has 0 bridgehead atoms. The topological polar surface area (TPSA) is 65.9 Å². The summed E-state index contributed by atoms with van der Waals surface area (Å²) >= 11 is 0. The molecule has 0 radical (unpaired) electrons. The Morgan fingerprint density at radius 3 is 2.64 bits per heavy atom. The number of imidazole rings is 1. The third-order valence-corrected chi connectivity index (χ3v) is 5.99. The summed E-state index contributed by atoms with van der Waals surface area (Å²) in [7, 11) is 0. The van der Waals surface area contributed by atoms with Crippen molar-refractivity contribution in [1.29, 1.82) is 0 Å². The number of hydrogen-bond donors (Lipinski definition) is 0. The van der Waals surface area contributed by atoms with Gasteiger partial charge in [-0.25, -0.2) is 9.37 Å². The minimum Gasteiger partial charge on any atom is -0.306 e. The van der Waals surface area contributed by atoms with Gasteiger partial charge < -0.3 is 9.47 Å². The zero-order valence-corrected chi connectivity index (χ0v) is 19.2. The molecule has 1 unspecified atom stereocenters. The summed E-state index contributed by atoms with van der Waals surface area (Å²) in [4.78, 5) is 18.0. The fourth-order valence-corrected chi connectivity index (χ4v) is 4.28. The molecule has 1 atom stereocenters. The lowest BCUT2D eigenvalue weighted by Gasteiger charge is -2.25. The molecule has 3 aromatic rings. The van der Waals surface area contributed by atoms with Crippen molar-refractivity contribution in [1.82, 2.24) is 9.55 Å². The summed E-state index contributed by atoms with van der Waals surface area (Å²) in [5.74, 6) is -2.19. The number of anilines is 1. The smallest absolute Gasteiger partial charge is 0.306 e. The summed E-state index contributed by atoms with van der Waals surface area (Å²) in [5, 5.41) is 8.19. The molecular formula is C25H21F4N6O+. The lowest BCUT2D eigenvalue weighted by molar-refractivity contribution is -0.460. The first-order valence-electron chi connectivity index (χ1n) is 11.2. The van der Waals surface area contributed by atoms with Crippen LogP contribution >= 0.6 is 0 Å². The molecule has 0 saturated carbocycles. The average molecular weight is 497 g/mol. The first kappa shape index (κ1) is 23.6. The number of amides is 1. The first-order valence-corrected chi connectivity index (χ1v) is 11.2. The Balaban J connectivity index is 1.39. The van der Waals surface area contributed by atoms with Gasteiger partial charge in [0, 0.05) is 23.1 Å². The van der Waals surface area contributed by atoms with E-state index in [9.17, 15) is 22.4 Å². The Bertz CT molecular complexity index is 1400. The van der Waals surface area contributed by atoms with Crippen molar-refractivity contribution in [2.24, 2.45) is 16.3 Å². The van der Waals surface area contributed by atoms with Crippen LogP contribution in [0.4, 0.5) is 23.2 Å². The molecule has 0 fully saturated rings. The number of benzene rings is 2. The highest BCUT2D eigenvalue weighted by molar-refractivity contribution is 6.04. The second-order valence-corrected chi connectivity index (χ2v) is 8.66. The number of rotatable bonds is 4. The van der Waals surface area contributed by atoms with Gasteiger partial charge >= 0.3 is 6.18 Å². The molecule has 0 saturated heterocycles. The molecule has 0 N–H and O–H groups in total. The van der Waals surface area contributed by atoms with E-state index in [2.05, 4.69) is 15.3 Å². The fourth-order valence-electron chi connectivity index (χ4n) is 4.28. The molecule has 36 heavy (non-hydrogen) atoms. The Morgan fingerprint density at radius 2 is 1.94 bits per heavy atom. The molecule has 7 nitrogen and oxygen atoms in total. The SMILES string of the molecule is Cc1cn(-c2ccc(C3=C/[N+](=C\C4CCc5cc(F)ccc5N(CC(F)(F)F)C4=O)N=N3)cc2)cn1. The van der Waals surface area contributed by atoms with Crippen molar-refractivity contribution >= 4 is 23.5 Å². The highest BCUT2D eigenvalue weighted by atomic mass is 19.4. The van der Waals surface area contributed by atoms with Crippen molar-refractivity contribution in [3.8, 4) is 5.69 Å². The third kappa shape index (κ3) is 4.95. The maximum absolute atomic E-state index is 13.8. The number of carbonyl (C=O) groups excluding carboxylic acids is 1. The number of hydrogen-bond acceptors (Lipinski definition) is 4. The Kier molecular flexibility index (Phi) is 5.99. The highest BCUT2D eigenvalue weighted by Crippen LogP contribution is 2.32. The minimum atomic E-state index is -4.61. The Hall–Kier alpha value is -4.15. The van der Waals surface area contributed by atoms with Crippen LogP contribution in [0.25, 0.3) is 11.4 Å². The summed E-state index contributed by atoms with van der Waals surface area (Å²) in [6, 6.07) is 11.0. The van der Waals surface area contributed by atoms with E-state index in [1.165, 1.54) is 23.0 Å². The van der Waals surface area contributed by atoms with Crippen LogP contribution in [0.2, 0.25) is 0 Å². The van der Waals surface area contributed by atoms with Gasteiger partial charge in [-0.3, -0.25) is 4.79 Å². The molecule has 2 aromatic carbocycles. The van der Waals surface area contributed by atoms with E-state index in [-0.39, 0.29) is 18.5 Å². The average Bonchev–Trinajstić information content (AvgIpc) is 3.46. The van der Waals surface area contributed by atoms with E-state index in [0.29, 0.717) is 16.2 Å². The molecular weight excluding hydrogens is 476 g/mol. The van der Waals surface area contributed by atoms with E-state index >= 15 is 0 Å². The van der Waals surface area contributed by atoms with E-state index in [4.69, 9.17) is 0 Å². The monoisotopic (exact) mass is 497 g/mol. The Morgan fingerprint density at radius 1 is 1.17 bits per heavy atom. The van der Waals surface area contributed by atoms with Crippen molar-refractivity contribution < 1.29 is 27.0 Å². The summed E-state index contributed by atoms with van der Waals surface area (Å²) in [5.41, 5.74) is 3.57. The largest absolute Gasteiger partial charge is 0.406 e. The van der Waals surface area contributed by atoms with Crippen LogP contribution in [0.3, 0.4) is 0 Å². The quantitative estimate of drug-likeness (QED) is 0.366.